The molecule has 0 spiro atoms. The molecule has 0 fully saturated rings. The molecule has 2 aromatic rings. The van der Waals surface area contributed by atoms with Gasteiger partial charge in [0.15, 0.2) is 0 Å². The highest BCUT2D eigenvalue weighted by Crippen LogP contribution is 2.39. The van der Waals surface area contributed by atoms with Crippen LogP contribution in [-0.2, 0) is 0 Å². The highest BCUT2D eigenvalue weighted by Gasteiger charge is 2.10. The molecule has 0 saturated heterocycles. The van der Waals surface area contributed by atoms with Gasteiger partial charge in [-0.2, -0.15) is 5.10 Å². The zero-order valence-corrected chi connectivity index (χ0v) is 14.8. The van der Waals surface area contributed by atoms with E-state index in [1.165, 1.54) is 11.3 Å². The monoisotopic (exact) mass is 465 g/mol. The molecule has 0 radical (unpaired) electrons. The van der Waals surface area contributed by atoms with E-state index in [0.717, 1.165) is 17.6 Å². The average Bonchev–Trinajstić information content (AvgIpc) is 2.67. The van der Waals surface area contributed by atoms with Gasteiger partial charge in [0.05, 0.1) is 23.8 Å². The molecule has 98 valence electrons. The summed E-state index contributed by atoms with van der Waals surface area (Å²) >= 11 is 11.8. The van der Waals surface area contributed by atoms with E-state index in [9.17, 15) is 4.79 Å². The number of halogens is 3. The molecule has 8 heteroatoms. The van der Waals surface area contributed by atoms with Gasteiger partial charge in [-0.15, -0.1) is 11.3 Å². The highest BCUT2D eigenvalue weighted by atomic mass is 79.9. The van der Waals surface area contributed by atoms with Gasteiger partial charge >= 0.3 is 0 Å². The van der Waals surface area contributed by atoms with E-state index in [-0.39, 0.29) is 5.91 Å². The molecule has 1 N–H and O–H groups in total. The molecule has 0 saturated carbocycles. The molecule has 0 aromatic carbocycles. The number of carbonyl (C=O) groups is 1. The molecule has 2 heterocycles. The maximum Gasteiger partial charge on any atom is 0.271 e. The van der Waals surface area contributed by atoms with E-state index in [4.69, 9.17) is 0 Å². The maximum atomic E-state index is 11.7. The van der Waals surface area contributed by atoms with Crippen LogP contribution in [0.15, 0.2) is 42.4 Å². The van der Waals surface area contributed by atoms with Crippen molar-refractivity contribution in [3.05, 3.63) is 47.7 Å². The van der Waals surface area contributed by atoms with Gasteiger partial charge in [0.2, 0.25) is 0 Å². The van der Waals surface area contributed by atoms with Gasteiger partial charge < -0.3 is 0 Å². The number of aromatic nitrogens is 1. The first kappa shape index (κ1) is 14.8. The Hall–Kier alpha value is -0.570. The normalized spacial score (nSPS) is 10.9. The second-order valence-electron chi connectivity index (χ2n) is 3.30. The van der Waals surface area contributed by atoms with Crippen LogP contribution in [0.4, 0.5) is 0 Å². The topological polar surface area (TPSA) is 54.4 Å². The minimum absolute atomic E-state index is 0.274. The van der Waals surface area contributed by atoms with Gasteiger partial charge in [0.25, 0.3) is 5.91 Å². The molecule has 0 atom stereocenters. The van der Waals surface area contributed by atoms with Crippen molar-refractivity contribution < 1.29 is 4.79 Å². The third-order valence-electron chi connectivity index (χ3n) is 2.07. The Bertz CT molecular complexity index is 628. The Balaban J connectivity index is 2.04. The van der Waals surface area contributed by atoms with Crippen LogP contribution in [-0.4, -0.2) is 17.1 Å². The fraction of sp³-hybridized carbons (Fsp3) is 0. The standard InChI is InChI=1S/C11H6Br3N3OS/c12-8-7(19-10(14)9(8)13)5-16-17-11(18)6-1-3-15-4-2-6/h1-5H,(H,17,18)/b16-5+. The lowest BCUT2D eigenvalue weighted by atomic mass is 10.3. The molecule has 0 aliphatic heterocycles. The number of thiophene rings is 1. The first-order valence-corrected chi connectivity index (χ1v) is 8.16. The van der Waals surface area contributed by atoms with E-state index in [1.54, 1.807) is 30.7 Å². The van der Waals surface area contributed by atoms with Crippen molar-refractivity contribution in [3.63, 3.8) is 0 Å². The lowest BCUT2D eigenvalue weighted by Crippen LogP contribution is -2.17. The molecule has 0 aliphatic rings. The molecule has 4 nitrogen and oxygen atoms in total. The molecule has 2 aromatic heterocycles. The fourth-order valence-electron chi connectivity index (χ4n) is 1.18. The van der Waals surface area contributed by atoms with Crippen LogP contribution in [0.2, 0.25) is 0 Å². The van der Waals surface area contributed by atoms with Crippen LogP contribution >= 0.6 is 59.1 Å². The summed E-state index contributed by atoms with van der Waals surface area (Å²) in [6.45, 7) is 0. The van der Waals surface area contributed by atoms with Gasteiger partial charge in [-0.3, -0.25) is 9.78 Å². The van der Waals surface area contributed by atoms with Crippen LogP contribution in [0.5, 0.6) is 0 Å². The van der Waals surface area contributed by atoms with E-state index < -0.39 is 0 Å². The Morgan fingerprint density at radius 1 is 1.26 bits per heavy atom. The summed E-state index contributed by atoms with van der Waals surface area (Å²) in [5, 5.41) is 3.93. The largest absolute Gasteiger partial charge is 0.271 e. The van der Waals surface area contributed by atoms with Crippen molar-refractivity contribution in [3.8, 4) is 0 Å². The molecule has 19 heavy (non-hydrogen) atoms. The smallest absolute Gasteiger partial charge is 0.267 e. The molecule has 2 rings (SSSR count). The second kappa shape index (κ2) is 6.74. The van der Waals surface area contributed by atoms with Crippen LogP contribution < -0.4 is 5.43 Å². The van der Waals surface area contributed by atoms with Crippen molar-refractivity contribution in [1.29, 1.82) is 0 Å². The Morgan fingerprint density at radius 3 is 2.53 bits per heavy atom. The molecular weight excluding hydrogens is 462 g/mol. The Labute approximate surface area is 138 Å². The second-order valence-corrected chi connectivity index (χ2v) is 7.26. The number of rotatable bonds is 3. The number of hydrazone groups is 1. The molecule has 0 bridgehead atoms. The van der Waals surface area contributed by atoms with Gasteiger partial charge in [-0.25, -0.2) is 5.43 Å². The summed E-state index contributed by atoms with van der Waals surface area (Å²) in [6, 6.07) is 3.25. The van der Waals surface area contributed by atoms with Crippen molar-refractivity contribution in [1.82, 2.24) is 10.4 Å². The van der Waals surface area contributed by atoms with Crippen LogP contribution in [0, 0.1) is 0 Å². The number of nitrogens with zero attached hydrogens (tertiary/aromatic N) is 2. The van der Waals surface area contributed by atoms with Crippen molar-refractivity contribution in [2.24, 2.45) is 5.10 Å². The van der Waals surface area contributed by atoms with Gasteiger partial charge in [0, 0.05) is 18.0 Å². The van der Waals surface area contributed by atoms with Crippen LogP contribution in [0.1, 0.15) is 15.2 Å². The lowest BCUT2D eigenvalue weighted by Gasteiger charge is -1.97. The highest BCUT2D eigenvalue weighted by molar-refractivity contribution is 9.14. The van der Waals surface area contributed by atoms with E-state index >= 15 is 0 Å². The lowest BCUT2D eigenvalue weighted by molar-refractivity contribution is 0.0955. The molecule has 0 unspecified atom stereocenters. The van der Waals surface area contributed by atoms with E-state index in [0.29, 0.717) is 5.56 Å². The predicted octanol–water partition coefficient (Wildman–Crippen LogP) is 4.19. The maximum absolute atomic E-state index is 11.7. The quantitative estimate of drug-likeness (QED) is 0.543. The van der Waals surface area contributed by atoms with Crippen LogP contribution in [0.3, 0.4) is 0 Å². The van der Waals surface area contributed by atoms with Crippen molar-refractivity contribution >= 4 is 71.2 Å². The third kappa shape index (κ3) is 3.71. The molecule has 0 aliphatic carbocycles. The number of nitrogens with one attached hydrogen (secondary N) is 1. The van der Waals surface area contributed by atoms with Gasteiger partial charge in [-0.05, 0) is 59.9 Å². The number of hydrogen-bond acceptors (Lipinski definition) is 4. The summed E-state index contributed by atoms with van der Waals surface area (Å²) in [5.41, 5.74) is 2.97. The zero-order valence-electron chi connectivity index (χ0n) is 9.23. The number of amides is 1. The van der Waals surface area contributed by atoms with Gasteiger partial charge in [0.1, 0.15) is 0 Å². The van der Waals surface area contributed by atoms with E-state index in [1.807, 2.05) is 0 Å². The minimum Gasteiger partial charge on any atom is -0.267 e. The summed E-state index contributed by atoms with van der Waals surface area (Å²) in [4.78, 5) is 16.5. The van der Waals surface area contributed by atoms with Crippen molar-refractivity contribution in [2.45, 2.75) is 0 Å². The third-order valence-corrected chi connectivity index (χ3v) is 7.07. The first-order chi connectivity index (χ1) is 9.09. The Kier molecular flexibility index (Phi) is 5.26. The summed E-state index contributed by atoms with van der Waals surface area (Å²) in [5.74, 6) is -0.274. The molecular formula is C11H6Br3N3OS. The summed E-state index contributed by atoms with van der Waals surface area (Å²) < 4.78 is 2.78. The number of carbonyl (C=O) groups excluding carboxylic acids is 1. The fourth-order valence-corrected chi connectivity index (χ4v) is 4.11. The van der Waals surface area contributed by atoms with Gasteiger partial charge in [-0.1, -0.05) is 0 Å². The SMILES string of the molecule is O=C(N/N=C/c1sc(Br)c(Br)c1Br)c1ccncc1. The number of hydrogen-bond donors (Lipinski definition) is 1. The zero-order chi connectivity index (χ0) is 13.8. The minimum atomic E-state index is -0.274. The Morgan fingerprint density at radius 2 is 1.95 bits per heavy atom. The summed E-state index contributed by atoms with van der Waals surface area (Å²) in [6.07, 6.45) is 4.70. The predicted molar refractivity (Wildman–Crippen MR) is 86.7 cm³/mol. The first-order valence-electron chi connectivity index (χ1n) is 4.96. The van der Waals surface area contributed by atoms with Crippen molar-refractivity contribution in [2.75, 3.05) is 0 Å². The molecule has 1 amide bonds. The average molecular weight is 468 g/mol. The number of pyridine rings is 1. The summed E-state index contributed by atoms with van der Waals surface area (Å²) in [7, 11) is 0. The van der Waals surface area contributed by atoms with E-state index in [2.05, 4.69) is 63.3 Å². The van der Waals surface area contributed by atoms with Crippen LogP contribution in [0.25, 0.3) is 0 Å².